The molecular formula is C12H6Cl2N2OS. The van der Waals surface area contributed by atoms with Gasteiger partial charge in [0.15, 0.2) is 0 Å². The molecule has 0 aliphatic carbocycles. The minimum absolute atomic E-state index is 0.147. The average Bonchev–Trinajstić information content (AvgIpc) is 2.80. The summed E-state index contributed by atoms with van der Waals surface area (Å²) in [6.45, 7) is 0. The van der Waals surface area contributed by atoms with E-state index in [1.165, 1.54) is 15.9 Å². The molecule has 0 unspecified atom stereocenters. The van der Waals surface area contributed by atoms with Crippen molar-refractivity contribution in [1.29, 1.82) is 0 Å². The van der Waals surface area contributed by atoms with Crippen molar-refractivity contribution in [1.82, 2.24) is 9.55 Å². The molecule has 0 aliphatic rings. The van der Waals surface area contributed by atoms with Gasteiger partial charge in [-0.2, -0.15) is 0 Å². The lowest BCUT2D eigenvalue weighted by atomic mass is 10.3. The van der Waals surface area contributed by atoms with Gasteiger partial charge in [0, 0.05) is 5.02 Å². The zero-order valence-corrected chi connectivity index (χ0v) is 11.3. The second-order valence-corrected chi connectivity index (χ2v) is 5.32. The van der Waals surface area contributed by atoms with Gasteiger partial charge >= 0.3 is 0 Å². The minimum Gasteiger partial charge on any atom is -0.267 e. The fraction of sp³-hybridized carbons (Fsp3) is 0. The highest BCUT2D eigenvalue weighted by atomic mass is 35.5. The molecular weight excluding hydrogens is 291 g/mol. The SMILES string of the molecule is O=c1c2sccc2nc(Cl)n1-c1ccc(Cl)cc1. The maximum absolute atomic E-state index is 12.3. The van der Waals surface area contributed by atoms with E-state index in [-0.39, 0.29) is 10.8 Å². The molecule has 3 rings (SSSR count). The third-order valence-electron chi connectivity index (χ3n) is 2.52. The van der Waals surface area contributed by atoms with E-state index >= 15 is 0 Å². The van der Waals surface area contributed by atoms with Gasteiger partial charge in [-0.3, -0.25) is 9.36 Å². The van der Waals surface area contributed by atoms with Crippen molar-refractivity contribution < 1.29 is 0 Å². The highest BCUT2D eigenvalue weighted by Gasteiger charge is 2.11. The zero-order chi connectivity index (χ0) is 12.7. The number of nitrogens with zero attached hydrogens (tertiary/aromatic N) is 2. The third-order valence-corrected chi connectivity index (χ3v) is 3.92. The zero-order valence-electron chi connectivity index (χ0n) is 8.93. The summed E-state index contributed by atoms with van der Waals surface area (Å²) in [5.41, 5.74) is 1.11. The van der Waals surface area contributed by atoms with E-state index in [2.05, 4.69) is 4.98 Å². The Morgan fingerprint density at radius 3 is 2.56 bits per heavy atom. The number of fused-ring (bicyclic) bond motifs is 1. The van der Waals surface area contributed by atoms with E-state index in [0.29, 0.717) is 20.9 Å². The Morgan fingerprint density at radius 2 is 1.83 bits per heavy atom. The lowest BCUT2D eigenvalue weighted by Gasteiger charge is -2.07. The third kappa shape index (κ3) is 1.82. The molecule has 6 heteroatoms. The van der Waals surface area contributed by atoms with Crippen LogP contribution in [0.1, 0.15) is 0 Å². The summed E-state index contributed by atoms with van der Waals surface area (Å²) in [4.78, 5) is 16.5. The first kappa shape index (κ1) is 11.7. The summed E-state index contributed by atoms with van der Waals surface area (Å²) in [7, 11) is 0. The van der Waals surface area contributed by atoms with E-state index in [1.54, 1.807) is 30.3 Å². The summed E-state index contributed by atoms with van der Waals surface area (Å²) in [6.07, 6.45) is 0. The predicted octanol–water partition coefficient (Wildman–Crippen LogP) is 3.75. The van der Waals surface area contributed by atoms with E-state index in [9.17, 15) is 4.79 Å². The van der Waals surface area contributed by atoms with Gasteiger partial charge in [0.05, 0.1) is 11.2 Å². The maximum Gasteiger partial charge on any atom is 0.277 e. The molecule has 0 fully saturated rings. The largest absolute Gasteiger partial charge is 0.277 e. The van der Waals surface area contributed by atoms with Crippen LogP contribution in [-0.2, 0) is 0 Å². The molecule has 0 spiro atoms. The standard InChI is InChI=1S/C12H6Cl2N2OS/c13-7-1-3-8(4-2-7)16-11(17)10-9(5-6-18-10)15-12(16)14/h1-6H. The molecule has 3 nitrogen and oxygen atoms in total. The topological polar surface area (TPSA) is 34.9 Å². The van der Waals surface area contributed by atoms with Crippen LogP contribution in [0, 0.1) is 0 Å². The van der Waals surface area contributed by atoms with Crippen molar-refractivity contribution in [3.63, 3.8) is 0 Å². The maximum atomic E-state index is 12.3. The molecule has 3 aromatic rings. The lowest BCUT2D eigenvalue weighted by molar-refractivity contribution is 0.968. The van der Waals surface area contributed by atoms with Crippen LogP contribution in [-0.4, -0.2) is 9.55 Å². The first-order chi connectivity index (χ1) is 8.66. The first-order valence-electron chi connectivity index (χ1n) is 5.08. The monoisotopic (exact) mass is 296 g/mol. The van der Waals surface area contributed by atoms with E-state index in [4.69, 9.17) is 23.2 Å². The van der Waals surface area contributed by atoms with E-state index < -0.39 is 0 Å². The fourth-order valence-electron chi connectivity index (χ4n) is 1.70. The molecule has 90 valence electrons. The fourth-order valence-corrected chi connectivity index (χ4v) is 2.85. The Balaban J connectivity index is 2.34. The molecule has 2 heterocycles. The highest BCUT2D eigenvalue weighted by Crippen LogP contribution is 2.20. The number of aromatic nitrogens is 2. The summed E-state index contributed by atoms with van der Waals surface area (Å²) >= 11 is 13.2. The Labute approximate surface area is 116 Å². The second-order valence-electron chi connectivity index (χ2n) is 3.63. The molecule has 18 heavy (non-hydrogen) atoms. The minimum atomic E-state index is -0.165. The van der Waals surface area contributed by atoms with Crippen molar-refractivity contribution in [2.75, 3.05) is 0 Å². The Morgan fingerprint density at radius 1 is 1.11 bits per heavy atom. The van der Waals surface area contributed by atoms with E-state index in [1.807, 2.05) is 5.38 Å². The number of hydrogen-bond donors (Lipinski definition) is 0. The van der Waals surface area contributed by atoms with Crippen LogP contribution in [0.4, 0.5) is 0 Å². The van der Waals surface area contributed by atoms with Crippen LogP contribution in [0.3, 0.4) is 0 Å². The molecule has 0 atom stereocenters. The van der Waals surface area contributed by atoms with Crippen LogP contribution in [0.5, 0.6) is 0 Å². The summed E-state index contributed by atoms with van der Waals surface area (Å²) < 4.78 is 1.96. The lowest BCUT2D eigenvalue weighted by Crippen LogP contribution is -2.19. The van der Waals surface area contributed by atoms with Gasteiger partial charge in [-0.05, 0) is 47.3 Å². The van der Waals surface area contributed by atoms with Gasteiger partial charge < -0.3 is 0 Å². The average molecular weight is 297 g/mol. The van der Waals surface area contributed by atoms with Gasteiger partial charge in [-0.25, -0.2) is 4.98 Å². The molecule has 0 radical (unpaired) electrons. The molecule has 0 bridgehead atoms. The van der Waals surface area contributed by atoms with Crippen molar-refractivity contribution in [3.8, 4) is 5.69 Å². The Kier molecular flexibility index (Phi) is 2.86. The smallest absolute Gasteiger partial charge is 0.267 e. The van der Waals surface area contributed by atoms with Gasteiger partial charge in [0.2, 0.25) is 5.28 Å². The van der Waals surface area contributed by atoms with Crippen molar-refractivity contribution >= 4 is 44.8 Å². The Hall–Kier alpha value is -1.36. The van der Waals surface area contributed by atoms with Crippen LogP contribution in [0.25, 0.3) is 15.9 Å². The molecule has 0 aliphatic heterocycles. The van der Waals surface area contributed by atoms with Gasteiger partial charge in [-0.15, -0.1) is 11.3 Å². The van der Waals surface area contributed by atoms with Crippen molar-refractivity contribution in [3.05, 3.63) is 56.4 Å². The molecule has 0 N–H and O–H groups in total. The molecule has 2 aromatic heterocycles. The van der Waals surface area contributed by atoms with Gasteiger partial charge in [-0.1, -0.05) is 11.6 Å². The van der Waals surface area contributed by atoms with Gasteiger partial charge in [0.25, 0.3) is 5.56 Å². The van der Waals surface area contributed by atoms with Crippen LogP contribution < -0.4 is 5.56 Å². The van der Waals surface area contributed by atoms with Crippen molar-refractivity contribution in [2.24, 2.45) is 0 Å². The molecule has 0 amide bonds. The van der Waals surface area contributed by atoms with Crippen molar-refractivity contribution in [2.45, 2.75) is 0 Å². The van der Waals surface area contributed by atoms with Crippen LogP contribution in [0.2, 0.25) is 10.3 Å². The number of rotatable bonds is 1. The number of hydrogen-bond acceptors (Lipinski definition) is 3. The molecule has 0 saturated carbocycles. The quantitative estimate of drug-likeness (QED) is 0.641. The van der Waals surface area contributed by atoms with Crippen LogP contribution >= 0.6 is 34.5 Å². The molecule has 0 saturated heterocycles. The summed E-state index contributed by atoms with van der Waals surface area (Å²) in [6, 6.07) is 8.66. The summed E-state index contributed by atoms with van der Waals surface area (Å²) in [5.74, 6) is 0. The summed E-state index contributed by atoms with van der Waals surface area (Å²) in [5, 5.41) is 2.57. The van der Waals surface area contributed by atoms with Gasteiger partial charge in [0.1, 0.15) is 4.70 Å². The normalized spacial score (nSPS) is 11.0. The van der Waals surface area contributed by atoms with Crippen LogP contribution in [0.15, 0.2) is 40.5 Å². The number of benzene rings is 1. The van der Waals surface area contributed by atoms with E-state index in [0.717, 1.165) is 0 Å². The number of halogens is 2. The predicted molar refractivity (Wildman–Crippen MR) is 75.2 cm³/mol. The number of thiophene rings is 1. The first-order valence-corrected chi connectivity index (χ1v) is 6.72. The highest BCUT2D eigenvalue weighted by molar-refractivity contribution is 7.17. The Bertz CT molecular complexity index is 777. The second kappa shape index (κ2) is 4.39. The molecule has 1 aromatic carbocycles.